The molecule has 5 nitrogen and oxygen atoms in total. The summed E-state index contributed by atoms with van der Waals surface area (Å²) < 4.78 is 0. The highest BCUT2D eigenvalue weighted by Crippen LogP contribution is 2.51. The van der Waals surface area contributed by atoms with Crippen molar-refractivity contribution < 1.29 is 4.92 Å². The van der Waals surface area contributed by atoms with Gasteiger partial charge in [0.25, 0.3) is 0 Å². The molecule has 0 bridgehead atoms. The van der Waals surface area contributed by atoms with Crippen molar-refractivity contribution in [1.29, 1.82) is 10.7 Å². The predicted octanol–water partition coefficient (Wildman–Crippen LogP) is 4.74. The summed E-state index contributed by atoms with van der Waals surface area (Å²) >= 11 is 8.79. The van der Waals surface area contributed by atoms with Crippen molar-refractivity contribution >= 4 is 39.7 Å². The van der Waals surface area contributed by atoms with Gasteiger partial charge in [-0.05, 0) is 23.1 Å². The van der Waals surface area contributed by atoms with Gasteiger partial charge in [-0.2, -0.15) is 5.26 Å². The van der Waals surface area contributed by atoms with E-state index in [2.05, 4.69) is 6.07 Å². The maximum Gasteiger partial charge on any atom is 0.238 e. The maximum atomic E-state index is 11.9. The van der Waals surface area contributed by atoms with E-state index in [1.54, 1.807) is 24.3 Å². The van der Waals surface area contributed by atoms with Crippen molar-refractivity contribution in [2.24, 2.45) is 5.92 Å². The first-order chi connectivity index (χ1) is 11.5. The molecule has 2 aromatic rings. The fourth-order valence-corrected chi connectivity index (χ4v) is 5.54. The zero-order chi connectivity index (χ0) is 17.3. The number of nitro groups is 1. The molecule has 1 N–H and O–H groups in total. The van der Waals surface area contributed by atoms with E-state index in [-0.39, 0.29) is 9.97 Å². The smallest absolute Gasteiger partial charge is 0.238 e. The van der Waals surface area contributed by atoms with Crippen LogP contribution >= 0.6 is 34.7 Å². The molecule has 0 radical (unpaired) electrons. The number of hydrogen-bond donors (Lipinski definition) is 1. The summed E-state index contributed by atoms with van der Waals surface area (Å²) in [5.74, 6) is -1.62. The van der Waals surface area contributed by atoms with Crippen LogP contribution in [0.2, 0.25) is 5.02 Å². The van der Waals surface area contributed by atoms with Gasteiger partial charge in [-0.1, -0.05) is 47.6 Å². The summed E-state index contributed by atoms with van der Waals surface area (Å²) in [5.41, 5.74) is 0.555. The second-order valence-corrected chi connectivity index (χ2v) is 7.92. The van der Waals surface area contributed by atoms with Gasteiger partial charge in [-0.25, -0.2) is 0 Å². The van der Waals surface area contributed by atoms with E-state index in [0.29, 0.717) is 10.6 Å². The monoisotopic (exact) mass is 377 g/mol. The third-order valence-corrected chi connectivity index (χ3v) is 6.79. The molecule has 1 saturated heterocycles. The summed E-state index contributed by atoms with van der Waals surface area (Å²) in [4.78, 5) is 12.4. The Balaban J connectivity index is 2.16. The standard InChI is InChI=1S/C16H12ClN3O2S2/c17-11-5-2-1-4-9(11)13-10(8-18)16(19)24-15(14(13)20(21)22)12-6-3-7-23-12/h1-7,10,13-15,19H/t10?,13-,14+,15+/m1/s1. The minimum Gasteiger partial charge on any atom is -0.297 e. The molecule has 1 aliphatic rings. The summed E-state index contributed by atoms with van der Waals surface area (Å²) in [7, 11) is 0. The number of nitriles is 1. The van der Waals surface area contributed by atoms with Crippen molar-refractivity contribution in [3.05, 3.63) is 67.4 Å². The highest BCUT2D eigenvalue weighted by Gasteiger charge is 2.52. The maximum absolute atomic E-state index is 11.9. The number of benzene rings is 1. The molecular weight excluding hydrogens is 366 g/mol. The average Bonchev–Trinajstić information content (AvgIpc) is 3.08. The van der Waals surface area contributed by atoms with Crippen LogP contribution in [0.1, 0.15) is 21.6 Å². The molecule has 0 aliphatic carbocycles. The normalized spacial score (nSPS) is 26.8. The lowest BCUT2D eigenvalue weighted by Crippen LogP contribution is -2.42. The lowest BCUT2D eigenvalue weighted by Gasteiger charge is -2.35. The van der Waals surface area contributed by atoms with E-state index in [0.717, 1.165) is 16.6 Å². The number of rotatable bonds is 3. The molecule has 1 aromatic carbocycles. The Hall–Kier alpha value is -1.88. The quantitative estimate of drug-likeness (QED) is 0.618. The summed E-state index contributed by atoms with van der Waals surface area (Å²) in [6.07, 6.45) is 0. The first kappa shape index (κ1) is 17.0. The number of hydrogen-bond acceptors (Lipinski definition) is 6. The molecule has 3 rings (SSSR count). The lowest BCUT2D eigenvalue weighted by atomic mass is 9.79. The minimum atomic E-state index is -1.02. The van der Waals surface area contributed by atoms with Crippen LogP contribution in [0, 0.1) is 32.8 Å². The summed E-state index contributed by atoms with van der Waals surface area (Å²) in [6, 6.07) is 11.6. The molecule has 1 aliphatic heterocycles. The van der Waals surface area contributed by atoms with Gasteiger partial charge >= 0.3 is 0 Å². The van der Waals surface area contributed by atoms with E-state index >= 15 is 0 Å². The lowest BCUT2D eigenvalue weighted by molar-refractivity contribution is -0.527. The van der Waals surface area contributed by atoms with Gasteiger partial charge in [-0.3, -0.25) is 15.5 Å². The first-order valence-electron chi connectivity index (χ1n) is 7.10. The van der Waals surface area contributed by atoms with Crippen molar-refractivity contribution in [1.82, 2.24) is 0 Å². The minimum absolute atomic E-state index is 0.152. The van der Waals surface area contributed by atoms with Crippen LogP contribution in [0.5, 0.6) is 0 Å². The van der Waals surface area contributed by atoms with Gasteiger partial charge < -0.3 is 0 Å². The molecule has 2 heterocycles. The van der Waals surface area contributed by atoms with E-state index in [1.807, 2.05) is 17.5 Å². The Morgan fingerprint density at radius 2 is 2.04 bits per heavy atom. The van der Waals surface area contributed by atoms with Gasteiger partial charge in [0.2, 0.25) is 6.04 Å². The third-order valence-electron chi connectivity index (χ3n) is 4.04. The molecule has 122 valence electrons. The number of nitrogens with one attached hydrogen (secondary N) is 1. The van der Waals surface area contributed by atoms with Gasteiger partial charge in [-0.15, -0.1) is 11.3 Å². The van der Waals surface area contributed by atoms with Crippen molar-refractivity contribution in [3.63, 3.8) is 0 Å². The Kier molecular flexibility index (Phi) is 4.90. The van der Waals surface area contributed by atoms with Crippen LogP contribution < -0.4 is 0 Å². The Bertz CT molecular complexity index is 819. The molecule has 1 aromatic heterocycles. The topological polar surface area (TPSA) is 90.8 Å². The van der Waals surface area contributed by atoms with Crippen LogP contribution in [-0.2, 0) is 0 Å². The predicted molar refractivity (Wildman–Crippen MR) is 96.5 cm³/mol. The Morgan fingerprint density at radius 1 is 1.29 bits per heavy atom. The zero-order valence-electron chi connectivity index (χ0n) is 12.3. The molecule has 0 saturated carbocycles. The molecule has 4 atom stereocenters. The summed E-state index contributed by atoms with van der Waals surface area (Å²) in [5, 5.41) is 31.6. The van der Waals surface area contributed by atoms with Crippen LogP contribution in [0.3, 0.4) is 0 Å². The number of halogens is 1. The third kappa shape index (κ3) is 2.93. The van der Waals surface area contributed by atoms with Gasteiger partial charge in [0, 0.05) is 14.8 Å². The van der Waals surface area contributed by atoms with Crippen LogP contribution in [-0.4, -0.2) is 16.0 Å². The zero-order valence-corrected chi connectivity index (χ0v) is 14.6. The second kappa shape index (κ2) is 6.93. The first-order valence-corrected chi connectivity index (χ1v) is 9.24. The SMILES string of the molecule is N#CC1C(=N)S[C@@H](c2cccs2)[C@@H]([N+](=O)[O-])[C@@H]1c1ccccc1Cl. The number of thiophene rings is 1. The van der Waals surface area contributed by atoms with Crippen molar-refractivity contribution in [2.45, 2.75) is 17.2 Å². The Labute approximate surface area is 151 Å². The number of thioether (sulfide) groups is 1. The molecule has 24 heavy (non-hydrogen) atoms. The number of nitrogens with zero attached hydrogens (tertiary/aromatic N) is 2. The summed E-state index contributed by atoms with van der Waals surface area (Å²) in [6.45, 7) is 0. The average molecular weight is 378 g/mol. The molecular formula is C16H12ClN3O2S2. The largest absolute Gasteiger partial charge is 0.297 e. The van der Waals surface area contributed by atoms with E-state index in [1.165, 1.54) is 11.3 Å². The van der Waals surface area contributed by atoms with Gasteiger partial charge in [0.15, 0.2) is 0 Å². The van der Waals surface area contributed by atoms with Crippen LogP contribution in [0.4, 0.5) is 0 Å². The van der Waals surface area contributed by atoms with Crippen molar-refractivity contribution in [3.8, 4) is 6.07 Å². The molecule has 1 fully saturated rings. The molecule has 1 unspecified atom stereocenters. The van der Waals surface area contributed by atoms with Gasteiger partial charge in [0.05, 0.1) is 17.0 Å². The second-order valence-electron chi connectivity index (χ2n) is 5.35. The van der Waals surface area contributed by atoms with E-state index in [9.17, 15) is 15.4 Å². The Morgan fingerprint density at radius 3 is 2.62 bits per heavy atom. The van der Waals surface area contributed by atoms with E-state index in [4.69, 9.17) is 17.0 Å². The van der Waals surface area contributed by atoms with Crippen LogP contribution in [0.25, 0.3) is 0 Å². The fraction of sp³-hybridized carbons (Fsp3) is 0.250. The van der Waals surface area contributed by atoms with Crippen molar-refractivity contribution in [2.75, 3.05) is 0 Å². The fourth-order valence-electron chi connectivity index (χ4n) is 3.00. The molecule has 0 spiro atoms. The van der Waals surface area contributed by atoms with Crippen LogP contribution in [0.15, 0.2) is 41.8 Å². The van der Waals surface area contributed by atoms with Gasteiger partial charge in [0.1, 0.15) is 11.2 Å². The molecule has 0 amide bonds. The molecule has 8 heteroatoms. The highest BCUT2D eigenvalue weighted by molar-refractivity contribution is 8.14. The highest BCUT2D eigenvalue weighted by atomic mass is 35.5. The van der Waals surface area contributed by atoms with E-state index < -0.39 is 23.1 Å².